The third kappa shape index (κ3) is 3.16. The fourth-order valence-electron chi connectivity index (χ4n) is 1.66. The van der Waals surface area contributed by atoms with Crippen LogP contribution in [0, 0.1) is 17.0 Å². The lowest BCUT2D eigenvalue weighted by atomic mass is 10.1. The Morgan fingerprint density at radius 2 is 1.84 bits per heavy atom. The molecule has 2 aromatic carbocycles. The van der Waals surface area contributed by atoms with Gasteiger partial charge in [-0.25, -0.2) is 0 Å². The van der Waals surface area contributed by atoms with Crippen molar-refractivity contribution < 1.29 is 9.72 Å². The van der Waals surface area contributed by atoms with E-state index >= 15 is 0 Å². The summed E-state index contributed by atoms with van der Waals surface area (Å²) in [5.41, 5.74) is 2.07. The molecule has 2 aromatic rings. The van der Waals surface area contributed by atoms with E-state index in [1.54, 1.807) is 18.2 Å². The molecule has 0 radical (unpaired) electrons. The molecule has 5 heteroatoms. The third-order valence-corrected chi connectivity index (χ3v) is 2.62. The van der Waals surface area contributed by atoms with Gasteiger partial charge >= 0.3 is 0 Å². The molecule has 1 amide bonds. The van der Waals surface area contributed by atoms with Crippen LogP contribution in [-0.4, -0.2) is 10.8 Å². The fourth-order valence-corrected chi connectivity index (χ4v) is 1.66. The second kappa shape index (κ2) is 5.30. The van der Waals surface area contributed by atoms with Gasteiger partial charge in [0.15, 0.2) is 0 Å². The van der Waals surface area contributed by atoms with Crippen LogP contribution < -0.4 is 5.32 Å². The zero-order valence-electron chi connectivity index (χ0n) is 10.3. The van der Waals surface area contributed by atoms with Crippen LogP contribution in [0.1, 0.15) is 15.9 Å². The molecule has 0 aliphatic heterocycles. The molecule has 1 N–H and O–H groups in total. The van der Waals surface area contributed by atoms with Gasteiger partial charge < -0.3 is 5.32 Å². The van der Waals surface area contributed by atoms with Crippen molar-refractivity contribution in [2.45, 2.75) is 6.92 Å². The van der Waals surface area contributed by atoms with Gasteiger partial charge in [-0.3, -0.25) is 14.9 Å². The number of anilines is 1. The van der Waals surface area contributed by atoms with Gasteiger partial charge in [0.2, 0.25) is 0 Å². The summed E-state index contributed by atoms with van der Waals surface area (Å²) in [6.07, 6.45) is 0. The summed E-state index contributed by atoms with van der Waals surface area (Å²) in [6.45, 7) is 1.91. The number of amides is 1. The quantitative estimate of drug-likeness (QED) is 0.677. The molecule has 2 rings (SSSR count). The zero-order valence-corrected chi connectivity index (χ0v) is 10.3. The lowest BCUT2D eigenvalue weighted by molar-refractivity contribution is -0.384. The van der Waals surface area contributed by atoms with Crippen molar-refractivity contribution in [2.75, 3.05) is 5.32 Å². The van der Waals surface area contributed by atoms with E-state index in [-0.39, 0.29) is 11.6 Å². The molecule has 5 nitrogen and oxygen atoms in total. The van der Waals surface area contributed by atoms with E-state index < -0.39 is 4.92 Å². The van der Waals surface area contributed by atoms with Gasteiger partial charge in [-0.1, -0.05) is 17.7 Å². The highest BCUT2D eigenvalue weighted by atomic mass is 16.6. The van der Waals surface area contributed by atoms with Crippen LogP contribution in [0.4, 0.5) is 11.4 Å². The number of carbonyl (C=O) groups excluding carboxylic acids is 1. The smallest absolute Gasteiger partial charge is 0.269 e. The number of hydrogen-bond acceptors (Lipinski definition) is 3. The number of carbonyl (C=O) groups is 1. The lowest BCUT2D eigenvalue weighted by Crippen LogP contribution is -2.11. The molecule has 0 aliphatic rings. The Labute approximate surface area is 110 Å². The fraction of sp³-hybridized carbons (Fsp3) is 0.0714. The molecule has 0 bridgehead atoms. The van der Waals surface area contributed by atoms with Crippen molar-refractivity contribution in [3.63, 3.8) is 0 Å². The van der Waals surface area contributed by atoms with Crippen LogP contribution in [0.5, 0.6) is 0 Å². The summed E-state index contributed by atoms with van der Waals surface area (Å²) < 4.78 is 0. The van der Waals surface area contributed by atoms with E-state index in [0.717, 1.165) is 5.56 Å². The van der Waals surface area contributed by atoms with E-state index in [4.69, 9.17) is 0 Å². The summed E-state index contributed by atoms with van der Waals surface area (Å²) >= 11 is 0. The highest BCUT2D eigenvalue weighted by molar-refractivity contribution is 6.04. The van der Waals surface area contributed by atoms with E-state index in [2.05, 4.69) is 5.32 Å². The number of nitro groups is 1. The first-order chi connectivity index (χ1) is 9.06. The number of nitro benzene ring substituents is 1. The molecule has 0 unspecified atom stereocenters. The number of nitrogens with zero attached hydrogens (tertiary/aromatic N) is 1. The number of non-ortho nitro benzene ring substituents is 1. The number of aryl methyl sites for hydroxylation is 1. The van der Waals surface area contributed by atoms with Crippen molar-refractivity contribution in [1.82, 2.24) is 0 Å². The Balaban J connectivity index is 2.13. The largest absolute Gasteiger partial charge is 0.322 e. The van der Waals surface area contributed by atoms with Crippen molar-refractivity contribution in [3.8, 4) is 0 Å². The van der Waals surface area contributed by atoms with E-state index in [1.165, 1.54) is 24.3 Å². The molecule has 0 saturated carbocycles. The maximum absolute atomic E-state index is 11.9. The first kappa shape index (κ1) is 12.8. The average Bonchev–Trinajstić information content (AvgIpc) is 2.39. The van der Waals surface area contributed by atoms with Crippen molar-refractivity contribution in [3.05, 3.63) is 69.8 Å². The van der Waals surface area contributed by atoms with E-state index in [0.29, 0.717) is 11.3 Å². The predicted molar refractivity (Wildman–Crippen MR) is 72.2 cm³/mol. The molecule has 0 atom stereocenters. The average molecular weight is 256 g/mol. The van der Waals surface area contributed by atoms with Gasteiger partial charge in [0, 0.05) is 23.4 Å². The Morgan fingerprint density at radius 1 is 1.16 bits per heavy atom. The minimum absolute atomic E-state index is 0.00597. The van der Waals surface area contributed by atoms with Gasteiger partial charge in [-0.15, -0.1) is 0 Å². The van der Waals surface area contributed by atoms with Crippen LogP contribution in [-0.2, 0) is 0 Å². The first-order valence-corrected chi connectivity index (χ1v) is 5.69. The Hall–Kier alpha value is -2.69. The van der Waals surface area contributed by atoms with Crippen molar-refractivity contribution in [1.29, 1.82) is 0 Å². The van der Waals surface area contributed by atoms with Crippen LogP contribution in [0.3, 0.4) is 0 Å². The van der Waals surface area contributed by atoms with Gasteiger partial charge in [-0.05, 0) is 31.2 Å². The lowest BCUT2D eigenvalue weighted by Gasteiger charge is -2.05. The van der Waals surface area contributed by atoms with Gasteiger partial charge in [0.25, 0.3) is 11.6 Å². The Morgan fingerprint density at radius 3 is 2.42 bits per heavy atom. The molecule has 96 valence electrons. The van der Waals surface area contributed by atoms with Crippen LogP contribution in [0.25, 0.3) is 0 Å². The van der Waals surface area contributed by atoms with Crippen LogP contribution >= 0.6 is 0 Å². The van der Waals surface area contributed by atoms with Gasteiger partial charge in [-0.2, -0.15) is 0 Å². The predicted octanol–water partition coefficient (Wildman–Crippen LogP) is 3.16. The molecule has 0 heterocycles. The number of benzene rings is 2. The molecule has 0 saturated heterocycles. The Bertz CT molecular complexity index is 621. The summed E-state index contributed by atoms with van der Waals surface area (Å²) in [5, 5.41) is 13.2. The van der Waals surface area contributed by atoms with Crippen molar-refractivity contribution in [2.24, 2.45) is 0 Å². The normalized spacial score (nSPS) is 9.95. The summed E-state index contributed by atoms with van der Waals surface area (Å²) in [5.74, 6) is -0.238. The molecule has 0 spiro atoms. The molecule has 19 heavy (non-hydrogen) atoms. The number of rotatable bonds is 3. The second-order valence-corrected chi connectivity index (χ2v) is 4.13. The minimum atomic E-state index is -0.480. The SMILES string of the molecule is Cc1cccc(C(=O)Nc2ccc([N+](=O)[O-])cc2)c1. The highest BCUT2D eigenvalue weighted by Gasteiger charge is 2.08. The van der Waals surface area contributed by atoms with E-state index in [1.807, 2.05) is 13.0 Å². The summed E-state index contributed by atoms with van der Waals surface area (Å²) in [4.78, 5) is 22.0. The van der Waals surface area contributed by atoms with E-state index in [9.17, 15) is 14.9 Å². The monoisotopic (exact) mass is 256 g/mol. The third-order valence-electron chi connectivity index (χ3n) is 2.62. The van der Waals surface area contributed by atoms with Crippen LogP contribution in [0.2, 0.25) is 0 Å². The highest BCUT2D eigenvalue weighted by Crippen LogP contribution is 2.16. The first-order valence-electron chi connectivity index (χ1n) is 5.69. The second-order valence-electron chi connectivity index (χ2n) is 4.13. The number of hydrogen-bond donors (Lipinski definition) is 1. The standard InChI is InChI=1S/C14H12N2O3/c1-10-3-2-4-11(9-10)14(17)15-12-5-7-13(8-6-12)16(18)19/h2-9H,1H3,(H,15,17). The maximum Gasteiger partial charge on any atom is 0.269 e. The summed E-state index contributed by atoms with van der Waals surface area (Å²) in [7, 11) is 0. The van der Waals surface area contributed by atoms with Gasteiger partial charge in [0.05, 0.1) is 4.92 Å². The zero-order chi connectivity index (χ0) is 13.8. The molecule has 0 aliphatic carbocycles. The van der Waals surface area contributed by atoms with Crippen LogP contribution in [0.15, 0.2) is 48.5 Å². The minimum Gasteiger partial charge on any atom is -0.322 e. The molecule has 0 aromatic heterocycles. The Kier molecular flexibility index (Phi) is 3.56. The maximum atomic E-state index is 11.9. The molecular formula is C14H12N2O3. The van der Waals surface area contributed by atoms with Crippen molar-refractivity contribution >= 4 is 17.3 Å². The molecular weight excluding hydrogens is 244 g/mol. The topological polar surface area (TPSA) is 72.2 Å². The summed E-state index contributed by atoms with van der Waals surface area (Å²) in [6, 6.07) is 12.9. The molecule has 0 fully saturated rings. The number of nitrogens with one attached hydrogen (secondary N) is 1. The van der Waals surface area contributed by atoms with Gasteiger partial charge in [0.1, 0.15) is 0 Å².